The van der Waals surface area contributed by atoms with Crippen molar-refractivity contribution in [2.45, 2.75) is 18.8 Å². The number of hydrogen-bond acceptors (Lipinski definition) is 2. The summed E-state index contributed by atoms with van der Waals surface area (Å²) in [6, 6.07) is 7.59. The van der Waals surface area contributed by atoms with Crippen LogP contribution in [-0.2, 0) is 5.41 Å². The maximum atomic E-state index is 9.37. The predicted octanol–water partition coefficient (Wildman–Crippen LogP) is 1.64. The number of phenolic OH excluding ortho intramolecular Hbond substituents is 1. The lowest BCUT2D eigenvalue weighted by atomic mass is 9.82. The predicted molar refractivity (Wildman–Crippen MR) is 52.9 cm³/mol. The molecule has 2 nitrogen and oxygen atoms in total. The number of aromatic hydroxyl groups is 1. The van der Waals surface area contributed by atoms with Gasteiger partial charge in [0.15, 0.2) is 0 Å². The molecule has 70 valence electrons. The van der Waals surface area contributed by atoms with Crippen LogP contribution in [0.5, 0.6) is 5.75 Å². The summed E-state index contributed by atoms with van der Waals surface area (Å²) < 4.78 is 0. The van der Waals surface area contributed by atoms with E-state index in [1.807, 2.05) is 12.1 Å². The first-order valence-corrected chi connectivity index (χ1v) is 4.71. The van der Waals surface area contributed by atoms with Gasteiger partial charge in [0.25, 0.3) is 0 Å². The van der Waals surface area contributed by atoms with Gasteiger partial charge in [0, 0.05) is 12.0 Å². The van der Waals surface area contributed by atoms with Crippen LogP contribution in [0.2, 0.25) is 0 Å². The average Bonchev–Trinajstić information content (AvgIpc) is 2.54. The Morgan fingerprint density at radius 3 is 2.92 bits per heavy atom. The molecule has 1 fully saturated rings. The van der Waals surface area contributed by atoms with Crippen molar-refractivity contribution in [3.8, 4) is 5.75 Å². The molecule has 1 aromatic carbocycles. The fraction of sp³-hybridized carbons (Fsp3) is 0.455. The van der Waals surface area contributed by atoms with Crippen molar-refractivity contribution in [3.05, 3.63) is 29.8 Å². The second-order valence-corrected chi connectivity index (χ2v) is 4.04. The highest BCUT2D eigenvalue weighted by Crippen LogP contribution is 2.31. The first-order valence-electron chi connectivity index (χ1n) is 4.71. The highest BCUT2D eigenvalue weighted by atomic mass is 16.3. The van der Waals surface area contributed by atoms with Gasteiger partial charge in [-0.2, -0.15) is 0 Å². The van der Waals surface area contributed by atoms with Crippen LogP contribution in [0.3, 0.4) is 0 Å². The molecule has 13 heavy (non-hydrogen) atoms. The topological polar surface area (TPSA) is 32.3 Å². The molecule has 0 bridgehead atoms. The van der Waals surface area contributed by atoms with Crippen LogP contribution < -0.4 is 5.32 Å². The van der Waals surface area contributed by atoms with E-state index in [4.69, 9.17) is 0 Å². The molecule has 2 N–H and O–H groups in total. The molecule has 0 radical (unpaired) electrons. The van der Waals surface area contributed by atoms with Gasteiger partial charge in [-0.1, -0.05) is 19.1 Å². The van der Waals surface area contributed by atoms with E-state index in [0.29, 0.717) is 5.75 Å². The summed E-state index contributed by atoms with van der Waals surface area (Å²) in [5.74, 6) is 0.366. The Morgan fingerprint density at radius 2 is 2.31 bits per heavy atom. The fourth-order valence-electron chi connectivity index (χ4n) is 1.94. The van der Waals surface area contributed by atoms with Gasteiger partial charge >= 0.3 is 0 Å². The smallest absolute Gasteiger partial charge is 0.115 e. The Labute approximate surface area is 78.6 Å². The Bertz CT molecular complexity index is 303. The molecule has 1 atom stereocenters. The molecule has 0 aromatic heterocycles. The molecule has 1 unspecified atom stereocenters. The van der Waals surface area contributed by atoms with Crippen LogP contribution in [0.25, 0.3) is 0 Å². The molecule has 1 aromatic rings. The van der Waals surface area contributed by atoms with Gasteiger partial charge in [0.05, 0.1) is 0 Å². The van der Waals surface area contributed by atoms with Crippen molar-refractivity contribution in [2.24, 2.45) is 0 Å². The molecule has 1 saturated heterocycles. The number of nitrogens with one attached hydrogen (secondary N) is 1. The highest BCUT2D eigenvalue weighted by molar-refractivity contribution is 5.33. The zero-order chi connectivity index (χ0) is 9.31. The van der Waals surface area contributed by atoms with Gasteiger partial charge in [0.1, 0.15) is 5.75 Å². The minimum Gasteiger partial charge on any atom is -0.508 e. The van der Waals surface area contributed by atoms with Crippen molar-refractivity contribution >= 4 is 0 Å². The largest absolute Gasteiger partial charge is 0.508 e. The average molecular weight is 177 g/mol. The molecule has 0 spiro atoms. The van der Waals surface area contributed by atoms with Crippen molar-refractivity contribution in [1.29, 1.82) is 0 Å². The molecule has 1 aliphatic heterocycles. The van der Waals surface area contributed by atoms with Crippen LogP contribution in [0, 0.1) is 0 Å². The minimum absolute atomic E-state index is 0.207. The normalized spacial score (nSPS) is 27.8. The van der Waals surface area contributed by atoms with E-state index in [9.17, 15) is 5.11 Å². The maximum Gasteiger partial charge on any atom is 0.115 e. The quantitative estimate of drug-likeness (QED) is 0.683. The number of benzene rings is 1. The van der Waals surface area contributed by atoms with E-state index in [2.05, 4.69) is 18.3 Å². The summed E-state index contributed by atoms with van der Waals surface area (Å²) in [6.45, 7) is 4.32. The zero-order valence-electron chi connectivity index (χ0n) is 7.88. The maximum absolute atomic E-state index is 9.37. The molecule has 0 amide bonds. The molecular weight excluding hydrogens is 162 g/mol. The van der Waals surface area contributed by atoms with Gasteiger partial charge < -0.3 is 10.4 Å². The zero-order valence-corrected chi connectivity index (χ0v) is 7.88. The summed E-state index contributed by atoms with van der Waals surface area (Å²) in [7, 11) is 0. The van der Waals surface area contributed by atoms with Gasteiger partial charge in [-0.3, -0.25) is 0 Å². The first kappa shape index (κ1) is 8.57. The summed E-state index contributed by atoms with van der Waals surface area (Å²) in [4.78, 5) is 0. The van der Waals surface area contributed by atoms with Gasteiger partial charge in [0.2, 0.25) is 0 Å². The lowest BCUT2D eigenvalue weighted by Crippen LogP contribution is -2.24. The standard InChI is InChI=1S/C11H15NO/c1-11(5-6-12-8-11)9-3-2-4-10(13)7-9/h2-4,7,12-13H,5-6,8H2,1H3. The fourth-order valence-corrected chi connectivity index (χ4v) is 1.94. The SMILES string of the molecule is CC1(c2cccc(O)c2)CCNC1. The van der Waals surface area contributed by atoms with Gasteiger partial charge in [-0.15, -0.1) is 0 Å². The Morgan fingerprint density at radius 1 is 1.46 bits per heavy atom. The van der Waals surface area contributed by atoms with Crippen molar-refractivity contribution in [1.82, 2.24) is 5.32 Å². The Balaban J connectivity index is 2.33. The van der Waals surface area contributed by atoms with Crippen LogP contribution in [0.1, 0.15) is 18.9 Å². The lowest BCUT2D eigenvalue weighted by molar-refractivity contribution is 0.467. The molecule has 2 rings (SSSR count). The van der Waals surface area contributed by atoms with Crippen molar-refractivity contribution in [3.63, 3.8) is 0 Å². The second kappa shape index (κ2) is 3.04. The molecule has 0 aliphatic carbocycles. The summed E-state index contributed by atoms with van der Waals surface area (Å²) in [6.07, 6.45) is 1.15. The molecule has 2 heteroatoms. The van der Waals surface area contributed by atoms with E-state index < -0.39 is 0 Å². The van der Waals surface area contributed by atoms with Gasteiger partial charge in [-0.05, 0) is 30.7 Å². The third-order valence-electron chi connectivity index (χ3n) is 2.91. The molecule has 1 heterocycles. The van der Waals surface area contributed by atoms with E-state index in [-0.39, 0.29) is 5.41 Å². The van der Waals surface area contributed by atoms with Crippen LogP contribution in [0.15, 0.2) is 24.3 Å². The third kappa shape index (κ3) is 1.54. The van der Waals surface area contributed by atoms with Crippen LogP contribution in [-0.4, -0.2) is 18.2 Å². The van der Waals surface area contributed by atoms with Crippen molar-refractivity contribution in [2.75, 3.05) is 13.1 Å². The Hall–Kier alpha value is -1.02. The van der Waals surface area contributed by atoms with E-state index in [1.165, 1.54) is 5.56 Å². The van der Waals surface area contributed by atoms with E-state index >= 15 is 0 Å². The number of hydrogen-bond donors (Lipinski definition) is 2. The molecule has 0 saturated carbocycles. The lowest BCUT2D eigenvalue weighted by Gasteiger charge is -2.23. The number of rotatable bonds is 1. The van der Waals surface area contributed by atoms with Crippen LogP contribution in [0.4, 0.5) is 0 Å². The van der Waals surface area contributed by atoms with Crippen LogP contribution >= 0.6 is 0 Å². The summed E-state index contributed by atoms with van der Waals surface area (Å²) in [5.41, 5.74) is 1.44. The number of phenols is 1. The highest BCUT2D eigenvalue weighted by Gasteiger charge is 2.30. The van der Waals surface area contributed by atoms with Crippen molar-refractivity contribution < 1.29 is 5.11 Å². The Kier molecular flexibility index (Phi) is 2.00. The van der Waals surface area contributed by atoms with E-state index in [0.717, 1.165) is 19.5 Å². The summed E-state index contributed by atoms with van der Waals surface area (Å²) >= 11 is 0. The second-order valence-electron chi connectivity index (χ2n) is 4.04. The first-order chi connectivity index (χ1) is 6.21. The van der Waals surface area contributed by atoms with E-state index in [1.54, 1.807) is 6.07 Å². The monoisotopic (exact) mass is 177 g/mol. The molecular formula is C11H15NO. The molecule has 1 aliphatic rings. The third-order valence-corrected chi connectivity index (χ3v) is 2.91. The summed E-state index contributed by atoms with van der Waals surface area (Å²) in [5, 5.41) is 12.7. The minimum atomic E-state index is 0.207. The van der Waals surface area contributed by atoms with Gasteiger partial charge in [-0.25, -0.2) is 0 Å².